The minimum atomic E-state index is -0.218. The average Bonchev–Trinajstić information content (AvgIpc) is 2.62. The summed E-state index contributed by atoms with van der Waals surface area (Å²) in [5, 5.41) is 6.10. The molecule has 140 valence electrons. The average molecular weight is 421 g/mol. The number of benzene rings is 2. The van der Waals surface area contributed by atoms with Crippen LogP contribution in [0.25, 0.3) is 0 Å². The molecule has 5 nitrogen and oxygen atoms in total. The van der Waals surface area contributed by atoms with E-state index in [9.17, 15) is 4.79 Å². The summed E-state index contributed by atoms with van der Waals surface area (Å²) in [5.74, 6) is 0.953. The predicted molar refractivity (Wildman–Crippen MR) is 108 cm³/mol. The van der Waals surface area contributed by atoms with Gasteiger partial charge in [0.2, 0.25) is 0 Å². The summed E-state index contributed by atoms with van der Waals surface area (Å²) in [7, 11) is 0. The van der Waals surface area contributed by atoms with Crippen LogP contribution in [-0.2, 0) is 11.3 Å². The third-order valence-corrected chi connectivity index (χ3v) is 4.41. The molecule has 0 unspecified atom stereocenters. The third-order valence-electron chi connectivity index (χ3n) is 3.67. The van der Waals surface area contributed by atoms with Crippen molar-refractivity contribution in [3.05, 3.63) is 52.0 Å². The van der Waals surface area contributed by atoms with Crippen molar-refractivity contribution in [2.24, 2.45) is 0 Å². The van der Waals surface area contributed by atoms with Crippen LogP contribution in [0.4, 0.5) is 5.69 Å². The summed E-state index contributed by atoms with van der Waals surface area (Å²) >= 11 is 3.55. The van der Waals surface area contributed by atoms with E-state index in [0.29, 0.717) is 18.1 Å². The van der Waals surface area contributed by atoms with Crippen LogP contribution in [0.2, 0.25) is 0 Å². The molecule has 2 aromatic rings. The first-order valence-electron chi connectivity index (χ1n) is 8.68. The summed E-state index contributed by atoms with van der Waals surface area (Å²) < 4.78 is 12.3. The van der Waals surface area contributed by atoms with Gasteiger partial charge in [-0.15, -0.1) is 0 Å². The van der Waals surface area contributed by atoms with Crippen LogP contribution in [0, 0.1) is 6.92 Å². The van der Waals surface area contributed by atoms with E-state index in [-0.39, 0.29) is 12.5 Å². The Bertz CT molecular complexity index is 733. The predicted octanol–water partition coefficient (Wildman–Crippen LogP) is 4.28. The van der Waals surface area contributed by atoms with E-state index in [4.69, 9.17) is 9.47 Å². The highest BCUT2D eigenvalue weighted by molar-refractivity contribution is 9.10. The van der Waals surface area contributed by atoms with Gasteiger partial charge in [0.15, 0.2) is 18.1 Å². The number of anilines is 1. The highest BCUT2D eigenvalue weighted by Crippen LogP contribution is 2.34. The molecule has 0 aliphatic heterocycles. The molecule has 0 spiro atoms. The van der Waals surface area contributed by atoms with Gasteiger partial charge in [0, 0.05) is 16.7 Å². The number of aryl methyl sites for hydroxylation is 1. The molecule has 2 aromatic carbocycles. The molecule has 0 bridgehead atoms. The van der Waals surface area contributed by atoms with Crippen molar-refractivity contribution in [1.82, 2.24) is 5.32 Å². The van der Waals surface area contributed by atoms with Crippen LogP contribution in [0.15, 0.2) is 40.9 Å². The Morgan fingerprint density at radius 1 is 1.08 bits per heavy atom. The van der Waals surface area contributed by atoms with Gasteiger partial charge in [-0.2, -0.15) is 0 Å². The summed E-state index contributed by atoms with van der Waals surface area (Å²) in [5.41, 5.74) is 2.96. The van der Waals surface area contributed by atoms with Crippen LogP contribution in [-0.4, -0.2) is 25.7 Å². The van der Waals surface area contributed by atoms with Crippen molar-refractivity contribution < 1.29 is 14.3 Å². The van der Waals surface area contributed by atoms with Crippen LogP contribution in [0.5, 0.6) is 11.5 Å². The quantitative estimate of drug-likeness (QED) is 0.635. The van der Waals surface area contributed by atoms with Crippen LogP contribution >= 0.6 is 15.9 Å². The molecule has 0 atom stereocenters. The molecule has 1 amide bonds. The molecule has 6 heteroatoms. The number of amides is 1. The molecular formula is C20H25BrN2O3. The fraction of sp³-hybridized carbons (Fsp3) is 0.350. The van der Waals surface area contributed by atoms with Crippen molar-refractivity contribution in [3.8, 4) is 11.5 Å². The molecule has 0 aromatic heterocycles. The molecule has 0 aliphatic rings. The monoisotopic (exact) mass is 420 g/mol. The summed E-state index contributed by atoms with van der Waals surface area (Å²) in [6.07, 6.45) is 0. The first kappa shape index (κ1) is 20.3. The minimum Gasteiger partial charge on any atom is -0.490 e. The van der Waals surface area contributed by atoms with Crippen molar-refractivity contribution in [1.29, 1.82) is 0 Å². The largest absolute Gasteiger partial charge is 0.490 e. The minimum absolute atomic E-state index is 0.0903. The van der Waals surface area contributed by atoms with E-state index in [0.717, 1.165) is 34.4 Å². The fourth-order valence-electron chi connectivity index (χ4n) is 2.33. The van der Waals surface area contributed by atoms with Gasteiger partial charge in [0.1, 0.15) is 0 Å². The second-order valence-electron chi connectivity index (χ2n) is 5.81. The van der Waals surface area contributed by atoms with Crippen LogP contribution in [0.1, 0.15) is 25.0 Å². The Labute approximate surface area is 163 Å². The van der Waals surface area contributed by atoms with Gasteiger partial charge in [-0.1, -0.05) is 40.5 Å². The summed E-state index contributed by atoms with van der Waals surface area (Å²) in [6.45, 7) is 8.02. The van der Waals surface area contributed by atoms with E-state index in [1.54, 1.807) is 0 Å². The van der Waals surface area contributed by atoms with Gasteiger partial charge in [0.25, 0.3) is 5.91 Å². The highest BCUT2D eigenvalue weighted by atomic mass is 79.9. The number of hydrogen-bond acceptors (Lipinski definition) is 4. The lowest BCUT2D eigenvalue weighted by atomic mass is 10.2. The van der Waals surface area contributed by atoms with Crippen molar-refractivity contribution >= 4 is 27.5 Å². The zero-order chi connectivity index (χ0) is 18.9. The lowest BCUT2D eigenvalue weighted by molar-refractivity contribution is -0.118. The van der Waals surface area contributed by atoms with Crippen molar-refractivity contribution in [2.45, 2.75) is 27.3 Å². The molecule has 2 rings (SSSR count). The Balaban J connectivity index is 2.03. The van der Waals surface area contributed by atoms with Gasteiger partial charge in [0.05, 0.1) is 6.61 Å². The number of ether oxygens (including phenoxy) is 2. The smallest absolute Gasteiger partial charge is 0.262 e. The Morgan fingerprint density at radius 2 is 1.77 bits per heavy atom. The normalized spacial score (nSPS) is 10.5. The first-order chi connectivity index (χ1) is 12.5. The first-order valence-corrected chi connectivity index (χ1v) is 9.48. The Morgan fingerprint density at radius 3 is 2.42 bits per heavy atom. The molecule has 2 N–H and O–H groups in total. The van der Waals surface area contributed by atoms with Crippen LogP contribution < -0.4 is 20.1 Å². The van der Waals surface area contributed by atoms with E-state index in [2.05, 4.69) is 33.5 Å². The SMILES string of the molecule is CCNCc1cc(OCC)c(OCC(=O)Nc2ccc(C)cc2)cc1Br. The standard InChI is InChI=1S/C20H25BrN2O3/c1-4-22-12-15-10-18(25-5-2)19(11-17(15)21)26-13-20(24)23-16-8-6-14(3)7-9-16/h6-11,22H,4-5,12-13H2,1-3H3,(H,23,24). The van der Waals surface area contributed by atoms with Crippen molar-refractivity contribution in [2.75, 3.05) is 25.1 Å². The molecule has 0 saturated carbocycles. The van der Waals surface area contributed by atoms with E-state index < -0.39 is 0 Å². The third kappa shape index (κ3) is 6.04. The van der Waals surface area contributed by atoms with Gasteiger partial charge in [-0.25, -0.2) is 0 Å². The number of halogens is 1. The maximum Gasteiger partial charge on any atom is 0.262 e. The molecule has 26 heavy (non-hydrogen) atoms. The van der Waals surface area contributed by atoms with E-state index in [1.165, 1.54) is 0 Å². The number of rotatable bonds is 9. The van der Waals surface area contributed by atoms with Gasteiger partial charge < -0.3 is 20.1 Å². The number of nitrogens with one attached hydrogen (secondary N) is 2. The van der Waals surface area contributed by atoms with E-state index in [1.807, 2.05) is 50.2 Å². The highest BCUT2D eigenvalue weighted by Gasteiger charge is 2.12. The van der Waals surface area contributed by atoms with Gasteiger partial charge >= 0.3 is 0 Å². The number of carbonyl (C=O) groups is 1. The number of hydrogen-bond donors (Lipinski definition) is 2. The van der Waals surface area contributed by atoms with Gasteiger partial charge in [-0.3, -0.25) is 4.79 Å². The van der Waals surface area contributed by atoms with Crippen LogP contribution in [0.3, 0.4) is 0 Å². The van der Waals surface area contributed by atoms with Gasteiger partial charge in [-0.05, 0) is 50.2 Å². The fourth-order valence-corrected chi connectivity index (χ4v) is 2.79. The Kier molecular flexibility index (Phi) is 7.94. The second kappa shape index (κ2) is 10.2. The lowest BCUT2D eigenvalue weighted by Gasteiger charge is -2.15. The summed E-state index contributed by atoms with van der Waals surface area (Å²) in [4.78, 5) is 12.1. The molecule has 0 aliphatic carbocycles. The Hall–Kier alpha value is -2.05. The second-order valence-corrected chi connectivity index (χ2v) is 6.66. The molecule has 0 fully saturated rings. The zero-order valence-corrected chi connectivity index (χ0v) is 17.0. The molecular weight excluding hydrogens is 396 g/mol. The molecule has 0 heterocycles. The molecule has 0 saturated heterocycles. The maximum absolute atomic E-state index is 12.1. The molecule has 0 radical (unpaired) electrons. The topological polar surface area (TPSA) is 59.6 Å². The van der Waals surface area contributed by atoms with Crippen molar-refractivity contribution in [3.63, 3.8) is 0 Å². The summed E-state index contributed by atoms with van der Waals surface area (Å²) in [6, 6.07) is 11.4. The number of carbonyl (C=O) groups excluding carboxylic acids is 1. The zero-order valence-electron chi connectivity index (χ0n) is 15.4. The lowest BCUT2D eigenvalue weighted by Crippen LogP contribution is -2.20. The van der Waals surface area contributed by atoms with E-state index >= 15 is 0 Å². The maximum atomic E-state index is 12.1.